The zero-order valence-corrected chi connectivity index (χ0v) is 16.6. The number of pyridine rings is 1. The Labute approximate surface area is 174 Å². The van der Waals surface area contributed by atoms with E-state index in [1.165, 1.54) is 0 Å². The maximum atomic E-state index is 12.9. The number of benzene rings is 1. The van der Waals surface area contributed by atoms with Gasteiger partial charge in [-0.3, -0.25) is 14.7 Å². The number of amides is 1. The fourth-order valence-corrected chi connectivity index (χ4v) is 3.66. The minimum absolute atomic E-state index is 0.0182. The van der Waals surface area contributed by atoms with Crippen molar-refractivity contribution in [3.63, 3.8) is 0 Å². The Morgan fingerprint density at radius 2 is 2.07 bits per heavy atom. The molecule has 3 heterocycles. The summed E-state index contributed by atoms with van der Waals surface area (Å²) in [6.45, 7) is 3.44. The molecule has 8 heteroatoms. The molecule has 0 unspecified atom stereocenters. The third kappa shape index (κ3) is 4.64. The first-order valence-corrected chi connectivity index (χ1v) is 9.89. The molecule has 7 nitrogen and oxygen atoms in total. The van der Waals surface area contributed by atoms with Crippen LogP contribution in [-0.2, 0) is 4.74 Å². The number of hydrogen-bond donors (Lipinski definition) is 1. The zero-order valence-electron chi connectivity index (χ0n) is 15.9. The van der Waals surface area contributed by atoms with E-state index in [0.717, 1.165) is 24.3 Å². The van der Waals surface area contributed by atoms with Gasteiger partial charge in [0.2, 0.25) is 0 Å². The molecule has 0 spiro atoms. The molecule has 150 valence electrons. The third-order valence-electron chi connectivity index (χ3n) is 4.98. The van der Waals surface area contributed by atoms with Crippen LogP contribution in [0.4, 0.5) is 0 Å². The van der Waals surface area contributed by atoms with Gasteiger partial charge in [-0.1, -0.05) is 17.7 Å². The number of nitrogens with zero attached hydrogens (tertiary/aromatic N) is 4. The maximum Gasteiger partial charge on any atom is 0.252 e. The van der Waals surface area contributed by atoms with Crippen LogP contribution in [0.1, 0.15) is 22.0 Å². The predicted molar refractivity (Wildman–Crippen MR) is 110 cm³/mol. The number of nitrogens with one attached hydrogen (secondary N) is 1. The molecule has 0 bridgehead atoms. The van der Waals surface area contributed by atoms with E-state index >= 15 is 0 Å². The molecule has 0 radical (unpaired) electrons. The number of rotatable bonds is 6. The highest BCUT2D eigenvalue weighted by atomic mass is 35.5. The highest BCUT2D eigenvalue weighted by molar-refractivity contribution is 6.33. The lowest BCUT2D eigenvalue weighted by molar-refractivity contribution is 0.0161. The van der Waals surface area contributed by atoms with E-state index in [9.17, 15) is 4.79 Å². The summed E-state index contributed by atoms with van der Waals surface area (Å²) in [5.41, 5.74) is 2.26. The lowest BCUT2D eigenvalue weighted by Gasteiger charge is -2.34. The van der Waals surface area contributed by atoms with Crippen LogP contribution in [0, 0.1) is 0 Å². The summed E-state index contributed by atoms with van der Waals surface area (Å²) in [5.74, 6) is -0.217. The molecule has 1 aliphatic heterocycles. The molecular formula is C21H22ClN5O2. The first kappa shape index (κ1) is 19.6. The number of aromatic nitrogens is 3. The molecular weight excluding hydrogens is 390 g/mol. The molecule has 1 aliphatic rings. The standard InChI is InChI=1S/C21H22ClN5O2/c22-19-5-4-17(27-8-2-7-25-27)13-18(19)21(28)24-15-20(16-3-1-6-23-14-16)26-9-11-29-12-10-26/h1-8,13-14,20H,9-12,15H2,(H,24,28)/t20-/m0/s1. The Kier molecular flexibility index (Phi) is 6.19. The van der Waals surface area contributed by atoms with Gasteiger partial charge >= 0.3 is 0 Å². The highest BCUT2D eigenvalue weighted by Gasteiger charge is 2.24. The smallest absolute Gasteiger partial charge is 0.252 e. The van der Waals surface area contributed by atoms with Gasteiger partial charge in [-0.05, 0) is 35.9 Å². The van der Waals surface area contributed by atoms with Crippen LogP contribution in [0.5, 0.6) is 0 Å². The molecule has 1 aromatic carbocycles. The van der Waals surface area contributed by atoms with Crippen molar-refractivity contribution in [2.75, 3.05) is 32.8 Å². The first-order valence-electron chi connectivity index (χ1n) is 9.52. The summed E-state index contributed by atoms with van der Waals surface area (Å²) in [5, 5.41) is 7.66. The molecule has 2 aromatic heterocycles. The van der Waals surface area contributed by atoms with E-state index in [-0.39, 0.29) is 11.9 Å². The number of hydrogen-bond acceptors (Lipinski definition) is 5. The molecule has 0 aliphatic carbocycles. The Balaban J connectivity index is 1.51. The zero-order chi connectivity index (χ0) is 20.1. The summed E-state index contributed by atoms with van der Waals surface area (Å²) in [4.78, 5) is 19.5. The molecule has 3 aromatic rings. The van der Waals surface area contributed by atoms with E-state index in [1.54, 1.807) is 29.2 Å². The number of ether oxygens (including phenoxy) is 1. The lowest BCUT2D eigenvalue weighted by atomic mass is 10.1. The van der Waals surface area contributed by atoms with Gasteiger partial charge in [0.25, 0.3) is 5.91 Å². The monoisotopic (exact) mass is 411 g/mol. The van der Waals surface area contributed by atoms with Gasteiger partial charge in [0, 0.05) is 44.4 Å². The molecule has 1 fully saturated rings. The van der Waals surface area contributed by atoms with E-state index in [4.69, 9.17) is 16.3 Å². The molecule has 29 heavy (non-hydrogen) atoms. The van der Waals surface area contributed by atoms with Crippen molar-refractivity contribution in [2.45, 2.75) is 6.04 Å². The van der Waals surface area contributed by atoms with E-state index in [1.807, 2.05) is 36.7 Å². The van der Waals surface area contributed by atoms with E-state index in [2.05, 4.69) is 20.3 Å². The SMILES string of the molecule is O=C(NC[C@@H](c1cccnc1)N1CCOCC1)c1cc(-n2cccn2)ccc1Cl. The van der Waals surface area contributed by atoms with Crippen molar-refractivity contribution in [1.82, 2.24) is 25.0 Å². The van der Waals surface area contributed by atoms with Crippen LogP contribution in [0.25, 0.3) is 5.69 Å². The van der Waals surface area contributed by atoms with Gasteiger partial charge in [0.15, 0.2) is 0 Å². The van der Waals surface area contributed by atoms with Crippen molar-refractivity contribution in [2.24, 2.45) is 0 Å². The summed E-state index contributed by atoms with van der Waals surface area (Å²) in [7, 11) is 0. The summed E-state index contributed by atoms with van der Waals surface area (Å²) < 4.78 is 7.17. The fraction of sp³-hybridized carbons (Fsp3) is 0.286. The van der Waals surface area contributed by atoms with Crippen molar-refractivity contribution in [3.05, 3.63) is 77.3 Å². The Morgan fingerprint density at radius 1 is 1.21 bits per heavy atom. The topological polar surface area (TPSA) is 72.3 Å². The lowest BCUT2D eigenvalue weighted by Crippen LogP contribution is -2.43. The fourth-order valence-electron chi connectivity index (χ4n) is 3.46. The molecule has 1 N–H and O–H groups in total. The third-order valence-corrected chi connectivity index (χ3v) is 5.30. The van der Waals surface area contributed by atoms with Gasteiger partial charge in [0.1, 0.15) is 0 Å². The summed E-state index contributed by atoms with van der Waals surface area (Å²) in [6, 6.07) is 11.1. The summed E-state index contributed by atoms with van der Waals surface area (Å²) >= 11 is 6.31. The van der Waals surface area contributed by atoms with Crippen LogP contribution in [-0.4, -0.2) is 58.4 Å². The molecule has 1 saturated heterocycles. The van der Waals surface area contributed by atoms with Crippen molar-refractivity contribution < 1.29 is 9.53 Å². The number of carbonyl (C=O) groups is 1. The van der Waals surface area contributed by atoms with Crippen LogP contribution in [0.15, 0.2) is 61.2 Å². The second-order valence-corrected chi connectivity index (χ2v) is 7.18. The van der Waals surface area contributed by atoms with Crippen molar-refractivity contribution in [3.8, 4) is 5.69 Å². The number of halogens is 1. The second kappa shape index (κ2) is 9.17. The van der Waals surface area contributed by atoms with Gasteiger partial charge in [-0.2, -0.15) is 5.10 Å². The van der Waals surface area contributed by atoms with Gasteiger partial charge < -0.3 is 10.1 Å². The van der Waals surface area contributed by atoms with E-state index < -0.39 is 0 Å². The van der Waals surface area contributed by atoms with Crippen molar-refractivity contribution >= 4 is 17.5 Å². The molecule has 0 saturated carbocycles. The predicted octanol–water partition coefficient (Wildman–Crippen LogP) is 2.72. The van der Waals surface area contributed by atoms with Gasteiger partial charge in [-0.25, -0.2) is 4.68 Å². The Hall–Kier alpha value is -2.74. The molecule has 1 amide bonds. The molecule has 1 atom stereocenters. The Bertz CT molecular complexity index is 943. The average molecular weight is 412 g/mol. The number of morpholine rings is 1. The average Bonchev–Trinajstić information content (AvgIpc) is 3.30. The van der Waals surface area contributed by atoms with Crippen LogP contribution >= 0.6 is 11.6 Å². The van der Waals surface area contributed by atoms with Crippen LogP contribution < -0.4 is 5.32 Å². The highest BCUT2D eigenvalue weighted by Crippen LogP contribution is 2.22. The number of carbonyl (C=O) groups excluding carboxylic acids is 1. The second-order valence-electron chi connectivity index (χ2n) is 6.78. The maximum absolute atomic E-state index is 12.9. The van der Waals surface area contributed by atoms with Gasteiger partial charge in [0.05, 0.1) is 35.5 Å². The molecule has 4 rings (SSSR count). The largest absolute Gasteiger partial charge is 0.379 e. The first-order chi connectivity index (χ1) is 14.2. The van der Waals surface area contributed by atoms with Crippen LogP contribution in [0.2, 0.25) is 5.02 Å². The quantitative estimate of drug-likeness (QED) is 0.675. The summed E-state index contributed by atoms with van der Waals surface area (Å²) in [6.07, 6.45) is 7.10. The van der Waals surface area contributed by atoms with Crippen LogP contribution in [0.3, 0.4) is 0 Å². The Morgan fingerprint density at radius 3 is 2.79 bits per heavy atom. The van der Waals surface area contributed by atoms with Gasteiger partial charge in [-0.15, -0.1) is 0 Å². The van der Waals surface area contributed by atoms with Crippen molar-refractivity contribution in [1.29, 1.82) is 0 Å². The van der Waals surface area contributed by atoms with E-state index in [0.29, 0.717) is 30.3 Å². The minimum Gasteiger partial charge on any atom is -0.379 e. The minimum atomic E-state index is -0.217. The normalized spacial score (nSPS) is 15.8.